The summed E-state index contributed by atoms with van der Waals surface area (Å²) in [6.45, 7) is 1.56. The molecule has 0 spiro atoms. The van der Waals surface area contributed by atoms with Crippen molar-refractivity contribution in [1.82, 2.24) is 0 Å². The van der Waals surface area contributed by atoms with Crippen molar-refractivity contribution in [3.63, 3.8) is 0 Å². The highest BCUT2D eigenvalue weighted by Crippen LogP contribution is 2.37. The molecule has 0 saturated heterocycles. The first kappa shape index (κ1) is 20.7. The third-order valence-electron chi connectivity index (χ3n) is 5.88. The number of nitriles is 1. The minimum Gasteiger partial charge on any atom is -0.369 e. The van der Waals surface area contributed by atoms with E-state index in [4.69, 9.17) is 5.26 Å². The Morgan fingerprint density at radius 1 is 1.00 bits per heavy atom. The Morgan fingerprint density at radius 2 is 1.77 bits per heavy atom. The molecule has 0 aromatic heterocycles. The van der Waals surface area contributed by atoms with Crippen LogP contribution in [0.1, 0.15) is 35.1 Å². The summed E-state index contributed by atoms with van der Waals surface area (Å²) in [5.74, 6) is 0.158. The van der Waals surface area contributed by atoms with Crippen molar-refractivity contribution in [3.05, 3.63) is 95.1 Å². The quantitative estimate of drug-likeness (QED) is 0.569. The standard InChI is InChI=1S/C27H27N3O/c1-29(20-23-7-3-2-4-8-23)25-11-5-9-24-10-6-18-30(27(24)25)26(31)17-16-21-12-14-22(19-28)15-13-21/h2-5,7-9,11-15H,6,10,16-18,20H2,1H3. The molecule has 156 valence electrons. The lowest BCUT2D eigenvalue weighted by molar-refractivity contribution is -0.118. The van der Waals surface area contributed by atoms with Crippen LogP contribution >= 0.6 is 0 Å². The van der Waals surface area contributed by atoms with Crippen molar-refractivity contribution in [2.24, 2.45) is 0 Å². The van der Waals surface area contributed by atoms with Gasteiger partial charge in [0.1, 0.15) is 0 Å². The highest BCUT2D eigenvalue weighted by Gasteiger charge is 2.26. The van der Waals surface area contributed by atoms with Crippen LogP contribution in [0.5, 0.6) is 0 Å². The van der Waals surface area contributed by atoms with Crippen molar-refractivity contribution in [2.75, 3.05) is 23.4 Å². The molecular formula is C27H27N3O. The fourth-order valence-corrected chi connectivity index (χ4v) is 4.26. The zero-order valence-electron chi connectivity index (χ0n) is 17.9. The van der Waals surface area contributed by atoms with E-state index in [0.717, 1.165) is 42.9 Å². The lowest BCUT2D eigenvalue weighted by Crippen LogP contribution is -2.37. The molecule has 0 atom stereocenters. The smallest absolute Gasteiger partial charge is 0.227 e. The van der Waals surface area contributed by atoms with Crippen LogP contribution in [0.3, 0.4) is 0 Å². The summed E-state index contributed by atoms with van der Waals surface area (Å²) >= 11 is 0. The molecule has 1 amide bonds. The zero-order valence-corrected chi connectivity index (χ0v) is 17.9. The minimum absolute atomic E-state index is 0.158. The maximum atomic E-state index is 13.2. The largest absolute Gasteiger partial charge is 0.369 e. The predicted molar refractivity (Wildman–Crippen MR) is 125 cm³/mol. The molecule has 31 heavy (non-hydrogen) atoms. The van der Waals surface area contributed by atoms with Gasteiger partial charge in [0.05, 0.1) is 23.0 Å². The van der Waals surface area contributed by atoms with Crippen LogP contribution in [-0.4, -0.2) is 19.5 Å². The summed E-state index contributed by atoms with van der Waals surface area (Å²) in [5.41, 5.74) is 6.39. The van der Waals surface area contributed by atoms with E-state index in [1.54, 1.807) is 0 Å². The van der Waals surface area contributed by atoms with E-state index in [1.165, 1.54) is 11.1 Å². The molecule has 0 aliphatic carbocycles. The van der Waals surface area contributed by atoms with E-state index in [-0.39, 0.29) is 5.91 Å². The second kappa shape index (κ2) is 9.49. The number of aryl methyl sites for hydroxylation is 2. The summed E-state index contributed by atoms with van der Waals surface area (Å²) in [4.78, 5) is 17.5. The van der Waals surface area contributed by atoms with Gasteiger partial charge in [-0.05, 0) is 54.2 Å². The first-order valence-corrected chi connectivity index (χ1v) is 10.8. The predicted octanol–water partition coefficient (Wildman–Crippen LogP) is 5.11. The van der Waals surface area contributed by atoms with E-state index in [2.05, 4.69) is 60.5 Å². The van der Waals surface area contributed by atoms with Crippen LogP contribution in [0.25, 0.3) is 0 Å². The van der Waals surface area contributed by atoms with E-state index >= 15 is 0 Å². The molecular weight excluding hydrogens is 382 g/mol. The minimum atomic E-state index is 0.158. The fraction of sp³-hybridized carbons (Fsp3) is 0.259. The van der Waals surface area contributed by atoms with Crippen LogP contribution in [-0.2, 0) is 24.2 Å². The molecule has 1 heterocycles. The number of carbonyl (C=O) groups excluding carboxylic acids is 1. The molecule has 1 aliphatic rings. The van der Waals surface area contributed by atoms with E-state index in [0.29, 0.717) is 18.4 Å². The molecule has 0 bridgehead atoms. The fourth-order valence-electron chi connectivity index (χ4n) is 4.26. The first-order valence-electron chi connectivity index (χ1n) is 10.8. The summed E-state index contributed by atoms with van der Waals surface area (Å²) in [7, 11) is 2.09. The third-order valence-corrected chi connectivity index (χ3v) is 5.88. The van der Waals surface area contributed by atoms with E-state index in [1.807, 2.05) is 35.2 Å². The van der Waals surface area contributed by atoms with Crippen molar-refractivity contribution >= 4 is 17.3 Å². The molecule has 0 N–H and O–H groups in total. The van der Waals surface area contributed by atoms with E-state index < -0.39 is 0 Å². The maximum Gasteiger partial charge on any atom is 0.227 e. The lowest BCUT2D eigenvalue weighted by atomic mass is 9.98. The lowest BCUT2D eigenvalue weighted by Gasteiger charge is -2.34. The molecule has 3 aromatic rings. The molecule has 0 unspecified atom stereocenters. The number of hydrogen-bond acceptors (Lipinski definition) is 3. The zero-order chi connectivity index (χ0) is 21.6. The van der Waals surface area contributed by atoms with Crippen LogP contribution in [0.15, 0.2) is 72.8 Å². The Hall–Kier alpha value is -3.58. The van der Waals surface area contributed by atoms with Gasteiger partial charge >= 0.3 is 0 Å². The summed E-state index contributed by atoms with van der Waals surface area (Å²) < 4.78 is 0. The van der Waals surface area contributed by atoms with Crippen molar-refractivity contribution < 1.29 is 4.79 Å². The number of rotatable bonds is 6. The van der Waals surface area contributed by atoms with Gasteiger partial charge in [0.2, 0.25) is 5.91 Å². The number of benzene rings is 3. The molecule has 1 aliphatic heterocycles. The van der Waals surface area contributed by atoms with Gasteiger partial charge in [-0.25, -0.2) is 0 Å². The van der Waals surface area contributed by atoms with Gasteiger partial charge in [0, 0.05) is 26.6 Å². The molecule has 0 radical (unpaired) electrons. The van der Waals surface area contributed by atoms with Gasteiger partial charge in [0.25, 0.3) is 0 Å². The number of fused-ring (bicyclic) bond motifs is 1. The summed E-state index contributed by atoms with van der Waals surface area (Å²) in [6.07, 6.45) is 3.13. The van der Waals surface area contributed by atoms with E-state index in [9.17, 15) is 4.79 Å². The molecule has 4 heteroatoms. The SMILES string of the molecule is CN(Cc1ccccc1)c1cccc2c1N(C(=O)CCc1ccc(C#N)cc1)CCC2. The van der Waals surface area contributed by atoms with Gasteiger partial charge in [-0.3, -0.25) is 4.79 Å². The topological polar surface area (TPSA) is 47.3 Å². The van der Waals surface area contributed by atoms with Crippen LogP contribution in [0, 0.1) is 11.3 Å². The van der Waals surface area contributed by atoms with Gasteiger partial charge in [-0.15, -0.1) is 0 Å². The number of hydrogen-bond donors (Lipinski definition) is 0. The highest BCUT2D eigenvalue weighted by atomic mass is 16.2. The first-order chi connectivity index (χ1) is 15.2. The van der Waals surface area contributed by atoms with Gasteiger partial charge in [-0.1, -0.05) is 54.6 Å². The second-order valence-corrected chi connectivity index (χ2v) is 8.08. The molecule has 4 rings (SSSR count). The molecule has 3 aromatic carbocycles. The van der Waals surface area contributed by atoms with Gasteiger partial charge in [-0.2, -0.15) is 5.26 Å². The third kappa shape index (κ3) is 4.78. The number of carbonyl (C=O) groups is 1. The van der Waals surface area contributed by atoms with Crippen LogP contribution < -0.4 is 9.80 Å². The summed E-state index contributed by atoms with van der Waals surface area (Å²) in [6, 6.07) is 26.4. The number of anilines is 2. The molecule has 4 nitrogen and oxygen atoms in total. The monoisotopic (exact) mass is 409 g/mol. The molecule has 0 fully saturated rings. The maximum absolute atomic E-state index is 13.2. The second-order valence-electron chi connectivity index (χ2n) is 8.08. The van der Waals surface area contributed by atoms with Gasteiger partial charge in [0.15, 0.2) is 0 Å². The van der Waals surface area contributed by atoms with Crippen LogP contribution in [0.2, 0.25) is 0 Å². The Morgan fingerprint density at radius 3 is 2.52 bits per heavy atom. The van der Waals surface area contributed by atoms with Crippen LogP contribution in [0.4, 0.5) is 11.4 Å². The molecule has 0 saturated carbocycles. The Bertz CT molecular complexity index is 1080. The average molecular weight is 410 g/mol. The summed E-state index contributed by atoms with van der Waals surface area (Å²) in [5, 5.41) is 8.96. The Labute approximate surface area is 184 Å². The number of amides is 1. The number of para-hydroxylation sites is 1. The Kier molecular flexibility index (Phi) is 6.33. The van der Waals surface area contributed by atoms with Crippen molar-refractivity contribution in [3.8, 4) is 6.07 Å². The highest BCUT2D eigenvalue weighted by molar-refractivity contribution is 5.98. The van der Waals surface area contributed by atoms with Crippen molar-refractivity contribution in [2.45, 2.75) is 32.2 Å². The van der Waals surface area contributed by atoms with Crippen molar-refractivity contribution in [1.29, 1.82) is 5.26 Å². The Balaban J connectivity index is 1.53. The average Bonchev–Trinajstić information content (AvgIpc) is 2.82. The number of nitrogens with zero attached hydrogens (tertiary/aromatic N) is 3. The van der Waals surface area contributed by atoms with Gasteiger partial charge < -0.3 is 9.80 Å². The normalized spacial score (nSPS) is 12.7.